The first-order chi connectivity index (χ1) is 5.70. The van der Waals surface area contributed by atoms with Gasteiger partial charge < -0.3 is 4.84 Å². The van der Waals surface area contributed by atoms with Crippen molar-refractivity contribution < 1.29 is 9.63 Å². The van der Waals surface area contributed by atoms with Crippen LogP contribution in [0.5, 0.6) is 0 Å². The van der Waals surface area contributed by atoms with Crippen molar-refractivity contribution in [1.82, 2.24) is 8.77 Å². The minimum atomic E-state index is -0.552. The molecule has 0 unspecified atom stereocenters. The molecule has 1 amide bonds. The lowest BCUT2D eigenvalue weighted by molar-refractivity contribution is -0.112. The van der Waals surface area contributed by atoms with Crippen molar-refractivity contribution >= 4 is 31.7 Å². The van der Waals surface area contributed by atoms with Gasteiger partial charge in [-0.3, -0.25) is 0 Å². The Kier molecular flexibility index (Phi) is 4.03. The Morgan fingerprint density at radius 1 is 1.25 bits per heavy atom. The van der Waals surface area contributed by atoms with Crippen molar-refractivity contribution in [2.45, 2.75) is 19.3 Å². The van der Waals surface area contributed by atoms with Crippen LogP contribution in [0, 0.1) is 0 Å². The van der Waals surface area contributed by atoms with Crippen molar-refractivity contribution in [2.75, 3.05) is 13.1 Å². The average Bonchev–Trinajstić information content (AvgIpc) is 2.06. The summed E-state index contributed by atoms with van der Waals surface area (Å²) in [6.07, 6.45) is 2.81. The summed E-state index contributed by atoms with van der Waals surface area (Å²) in [5, 5.41) is 1.64. The highest BCUT2D eigenvalue weighted by molar-refractivity contribution is 7.94. The van der Waals surface area contributed by atoms with E-state index in [2.05, 4.69) is 25.6 Å². The van der Waals surface area contributed by atoms with Crippen LogP contribution in [0.25, 0.3) is 0 Å². The van der Waals surface area contributed by atoms with Crippen LogP contribution in [0.2, 0.25) is 0 Å². The third kappa shape index (κ3) is 3.12. The number of hydrogen-bond donors (Lipinski definition) is 2. The van der Waals surface area contributed by atoms with E-state index in [0.29, 0.717) is 0 Å². The number of amides is 1. The van der Waals surface area contributed by atoms with Gasteiger partial charge in [0.05, 0.1) is 0 Å². The quantitative estimate of drug-likeness (QED) is 0.641. The fourth-order valence-electron chi connectivity index (χ4n) is 1.10. The number of carbonyl (C=O) groups is 1. The van der Waals surface area contributed by atoms with Crippen LogP contribution < -0.4 is 0 Å². The van der Waals surface area contributed by atoms with Gasteiger partial charge in [-0.2, -0.15) is 3.71 Å². The summed E-state index contributed by atoms with van der Waals surface area (Å²) in [5.41, 5.74) is 0. The van der Waals surface area contributed by atoms with E-state index in [9.17, 15) is 4.79 Å². The molecule has 0 aromatic heterocycles. The van der Waals surface area contributed by atoms with E-state index in [-0.39, 0.29) is 0 Å². The van der Waals surface area contributed by atoms with Crippen LogP contribution in [-0.4, -0.2) is 28.0 Å². The smallest absolute Gasteiger partial charge is 0.350 e. The van der Waals surface area contributed by atoms with Crippen molar-refractivity contribution in [3.8, 4) is 0 Å². The molecule has 0 atom stereocenters. The molecule has 6 heteroatoms. The minimum absolute atomic E-state index is 0.552. The topological polar surface area (TPSA) is 32.8 Å². The van der Waals surface area contributed by atoms with Crippen LogP contribution >= 0.6 is 25.6 Å². The van der Waals surface area contributed by atoms with Crippen LogP contribution in [0.15, 0.2) is 0 Å². The van der Waals surface area contributed by atoms with E-state index in [4.69, 9.17) is 4.84 Å². The second-order valence-electron chi connectivity index (χ2n) is 2.64. The lowest BCUT2D eigenvalue weighted by Crippen LogP contribution is -2.34. The van der Waals surface area contributed by atoms with Crippen molar-refractivity contribution in [3.63, 3.8) is 0 Å². The molecule has 0 saturated carbocycles. The van der Waals surface area contributed by atoms with Crippen molar-refractivity contribution in [2.24, 2.45) is 0 Å². The largest absolute Gasteiger partial charge is 0.449 e. The second kappa shape index (κ2) is 4.84. The van der Waals surface area contributed by atoms with Gasteiger partial charge in [-0.15, -0.1) is 5.06 Å². The SMILES string of the molecule is O=C(ON1CCCCC1)N(S)S. The van der Waals surface area contributed by atoms with E-state index in [1.165, 1.54) is 6.42 Å². The molecule has 0 aromatic rings. The first-order valence-electron chi connectivity index (χ1n) is 3.85. The molecule has 1 saturated heterocycles. The Labute approximate surface area is 82.9 Å². The van der Waals surface area contributed by atoms with Crippen LogP contribution in [-0.2, 0) is 4.84 Å². The van der Waals surface area contributed by atoms with Gasteiger partial charge in [0, 0.05) is 13.1 Å². The number of piperidine rings is 1. The average molecular weight is 208 g/mol. The lowest BCUT2D eigenvalue weighted by Gasteiger charge is -2.25. The Morgan fingerprint density at radius 2 is 1.83 bits per heavy atom. The fourth-order valence-corrected chi connectivity index (χ4v) is 1.18. The third-order valence-corrected chi connectivity index (χ3v) is 2.01. The Morgan fingerprint density at radius 3 is 2.33 bits per heavy atom. The van der Waals surface area contributed by atoms with Crippen molar-refractivity contribution in [3.05, 3.63) is 0 Å². The number of hydrogen-bond acceptors (Lipinski definition) is 5. The maximum Gasteiger partial charge on any atom is 0.449 e. The van der Waals surface area contributed by atoms with Gasteiger partial charge in [-0.1, -0.05) is 6.42 Å². The molecule has 0 aliphatic carbocycles. The first-order valence-corrected chi connectivity index (χ1v) is 4.65. The molecule has 4 nitrogen and oxygen atoms in total. The van der Waals surface area contributed by atoms with Crippen LogP contribution in [0.1, 0.15) is 19.3 Å². The highest BCUT2D eigenvalue weighted by Crippen LogP contribution is 2.11. The molecular formula is C6H12N2O2S2. The standard InChI is InChI=1S/C6H12N2O2S2/c9-6(8(11)12)10-7-4-2-1-3-5-7/h11-12H,1-5H2. The predicted octanol–water partition coefficient (Wildman–Crippen LogP) is 1.52. The molecule has 12 heavy (non-hydrogen) atoms. The third-order valence-electron chi connectivity index (χ3n) is 1.69. The number of nitrogens with zero attached hydrogens (tertiary/aromatic N) is 2. The molecule has 1 aliphatic heterocycles. The maximum atomic E-state index is 10.9. The van der Waals surface area contributed by atoms with Crippen molar-refractivity contribution in [1.29, 1.82) is 0 Å². The number of rotatable bonds is 1. The van der Waals surface area contributed by atoms with Gasteiger partial charge in [0.25, 0.3) is 0 Å². The Balaban J connectivity index is 2.24. The molecule has 0 aromatic carbocycles. The van der Waals surface area contributed by atoms with E-state index >= 15 is 0 Å². The van der Waals surface area contributed by atoms with Gasteiger partial charge >= 0.3 is 6.09 Å². The predicted molar refractivity (Wildman–Crippen MR) is 51.7 cm³/mol. The Hall–Kier alpha value is -0.0700. The zero-order valence-corrected chi connectivity index (χ0v) is 8.43. The van der Waals surface area contributed by atoms with Gasteiger partial charge in [-0.25, -0.2) is 4.79 Å². The van der Waals surface area contributed by atoms with E-state index < -0.39 is 6.09 Å². The van der Waals surface area contributed by atoms with Crippen LogP contribution in [0.4, 0.5) is 4.79 Å². The zero-order valence-electron chi connectivity index (χ0n) is 6.64. The first kappa shape index (κ1) is 10.0. The van der Waals surface area contributed by atoms with Gasteiger partial charge in [-0.05, 0) is 38.5 Å². The summed E-state index contributed by atoms with van der Waals surface area (Å²) in [5.74, 6) is 0. The van der Waals surface area contributed by atoms with Gasteiger partial charge in [0.15, 0.2) is 0 Å². The monoisotopic (exact) mass is 208 g/mol. The fraction of sp³-hybridized carbons (Fsp3) is 0.833. The molecule has 0 N–H and O–H groups in total. The lowest BCUT2D eigenvalue weighted by atomic mass is 10.2. The second-order valence-corrected chi connectivity index (χ2v) is 3.75. The molecule has 70 valence electrons. The number of hydroxylamine groups is 2. The summed E-state index contributed by atoms with van der Waals surface area (Å²) < 4.78 is 0.828. The van der Waals surface area contributed by atoms with E-state index in [1.54, 1.807) is 5.06 Å². The van der Waals surface area contributed by atoms with Gasteiger partial charge in [0.2, 0.25) is 0 Å². The highest BCUT2D eigenvalue weighted by Gasteiger charge is 2.16. The zero-order chi connectivity index (χ0) is 8.97. The Bertz CT molecular complexity index is 160. The normalized spacial score (nSPS) is 18.8. The number of thiol groups is 2. The molecule has 0 spiro atoms. The van der Waals surface area contributed by atoms with Gasteiger partial charge in [0.1, 0.15) is 0 Å². The molecule has 1 rings (SSSR count). The van der Waals surface area contributed by atoms with E-state index in [0.717, 1.165) is 29.6 Å². The minimum Gasteiger partial charge on any atom is -0.350 e. The molecule has 0 radical (unpaired) electrons. The number of carbonyl (C=O) groups excluding carboxylic acids is 1. The molecular weight excluding hydrogens is 196 g/mol. The molecule has 1 aliphatic rings. The van der Waals surface area contributed by atoms with Crippen LogP contribution in [0.3, 0.4) is 0 Å². The maximum absolute atomic E-state index is 10.9. The summed E-state index contributed by atoms with van der Waals surface area (Å²) in [6.45, 7) is 1.61. The molecule has 1 fully saturated rings. The molecule has 0 bridgehead atoms. The summed E-state index contributed by atoms with van der Waals surface area (Å²) in [4.78, 5) is 15.8. The molecule has 1 heterocycles. The summed E-state index contributed by atoms with van der Waals surface area (Å²) in [6, 6.07) is 0. The van der Waals surface area contributed by atoms with E-state index in [1.807, 2.05) is 0 Å². The summed E-state index contributed by atoms with van der Waals surface area (Å²) in [7, 11) is 0. The summed E-state index contributed by atoms with van der Waals surface area (Å²) >= 11 is 7.38. The highest BCUT2D eigenvalue weighted by atomic mass is 32.2.